The predicted molar refractivity (Wildman–Crippen MR) is 60.8 cm³/mol. The summed E-state index contributed by atoms with van der Waals surface area (Å²) in [7, 11) is 0. The van der Waals surface area contributed by atoms with E-state index in [0.29, 0.717) is 11.4 Å². The van der Waals surface area contributed by atoms with Crippen LogP contribution in [0, 0.1) is 6.92 Å². The van der Waals surface area contributed by atoms with Crippen molar-refractivity contribution in [2.24, 2.45) is 5.73 Å². The van der Waals surface area contributed by atoms with Gasteiger partial charge in [-0.15, -0.1) is 0 Å². The van der Waals surface area contributed by atoms with E-state index in [9.17, 15) is 13.2 Å². The first-order chi connectivity index (χ1) is 7.89. The third-order valence-corrected chi connectivity index (χ3v) is 2.52. The second kappa shape index (κ2) is 5.35. The van der Waals surface area contributed by atoms with Gasteiger partial charge in [0.25, 0.3) is 0 Å². The van der Waals surface area contributed by atoms with E-state index in [-0.39, 0.29) is 13.1 Å². The fourth-order valence-corrected chi connectivity index (χ4v) is 1.65. The number of pyridine rings is 1. The maximum Gasteiger partial charge on any atom is 0.405 e. The molecule has 0 amide bonds. The van der Waals surface area contributed by atoms with Crippen molar-refractivity contribution in [2.45, 2.75) is 26.6 Å². The highest BCUT2D eigenvalue weighted by Crippen LogP contribution is 2.24. The van der Waals surface area contributed by atoms with Crippen LogP contribution in [-0.4, -0.2) is 24.2 Å². The zero-order chi connectivity index (χ0) is 13.1. The van der Waals surface area contributed by atoms with E-state index in [1.165, 1.54) is 11.1 Å². The van der Waals surface area contributed by atoms with Gasteiger partial charge in [-0.25, -0.2) is 4.98 Å². The van der Waals surface area contributed by atoms with E-state index in [1.807, 2.05) is 6.92 Å². The minimum Gasteiger partial charge on any atom is -0.348 e. The van der Waals surface area contributed by atoms with Gasteiger partial charge >= 0.3 is 6.18 Å². The van der Waals surface area contributed by atoms with Crippen LogP contribution in [0.25, 0.3) is 0 Å². The molecule has 0 saturated carbocycles. The number of nitrogens with two attached hydrogens (primary N) is 1. The molecule has 96 valence electrons. The molecule has 0 unspecified atom stereocenters. The van der Waals surface area contributed by atoms with Crippen LogP contribution in [0.15, 0.2) is 12.3 Å². The number of aromatic nitrogens is 1. The molecule has 6 heteroatoms. The van der Waals surface area contributed by atoms with Gasteiger partial charge in [-0.05, 0) is 25.5 Å². The largest absolute Gasteiger partial charge is 0.405 e. The quantitative estimate of drug-likeness (QED) is 0.887. The van der Waals surface area contributed by atoms with Crippen molar-refractivity contribution in [3.8, 4) is 0 Å². The number of aryl methyl sites for hydroxylation is 1. The van der Waals surface area contributed by atoms with E-state index in [4.69, 9.17) is 5.73 Å². The van der Waals surface area contributed by atoms with Crippen molar-refractivity contribution in [2.75, 3.05) is 18.0 Å². The van der Waals surface area contributed by atoms with E-state index < -0.39 is 12.7 Å². The molecule has 1 heterocycles. The fraction of sp³-hybridized carbons (Fsp3) is 0.545. The predicted octanol–water partition coefficient (Wildman–Crippen LogP) is 2.24. The molecule has 0 bridgehead atoms. The molecule has 0 fully saturated rings. The average molecular weight is 247 g/mol. The van der Waals surface area contributed by atoms with Crippen LogP contribution in [0.5, 0.6) is 0 Å². The van der Waals surface area contributed by atoms with Gasteiger partial charge in [-0.3, -0.25) is 0 Å². The highest BCUT2D eigenvalue weighted by Gasteiger charge is 2.31. The molecule has 0 aliphatic rings. The van der Waals surface area contributed by atoms with Crippen LogP contribution >= 0.6 is 0 Å². The van der Waals surface area contributed by atoms with Gasteiger partial charge in [-0.2, -0.15) is 13.2 Å². The van der Waals surface area contributed by atoms with Gasteiger partial charge in [-0.1, -0.05) is 0 Å². The lowest BCUT2D eigenvalue weighted by Crippen LogP contribution is -2.35. The summed E-state index contributed by atoms with van der Waals surface area (Å²) in [5.74, 6) is 0.326. The summed E-state index contributed by atoms with van der Waals surface area (Å²) in [5.41, 5.74) is 7.08. The standard InChI is InChI=1S/C11H16F3N3/c1-3-17(7-11(12,13)14)10-9(6-15)8(2)4-5-16-10/h4-5H,3,6-7,15H2,1-2H3. The molecule has 0 spiro atoms. The first-order valence-corrected chi connectivity index (χ1v) is 5.35. The van der Waals surface area contributed by atoms with E-state index in [1.54, 1.807) is 13.0 Å². The number of hydrogen-bond acceptors (Lipinski definition) is 3. The molecule has 0 aromatic carbocycles. The lowest BCUT2D eigenvalue weighted by atomic mass is 10.1. The first-order valence-electron chi connectivity index (χ1n) is 5.35. The Bertz CT molecular complexity index is 377. The zero-order valence-corrected chi connectivity index (χ0v) is 9.88. The van der Waals surface area contributed by atoms with Gasteiger partial charge in [0, 0.05) is 24.8 Å². The van der Waals surface area contributed by atoms with Gasteiger partial charge in [0.15, 0.2) is 0 Å². The van der Waals surface area contributed by atoms with Crippen LogP contribution in [0.4, 0.5) is 19.0 Å². The Morgan fingerprint density at radius 1 is 1.41 bits per heavy atom. The summed E-state index contributed by atoms with van der Waals surface area (Å²) in [6.45, 7) is 2.89. The molecule has 3 nitrogen and oxygen atoms in total. The van der Waals surface area contributed by atoms with Gasteiger partial charge in [0.2, 0.25) is 0 Å². The highest BCUT2D eigenvalue weighted by atomic mass is 19.4. The topological polar surface area (TPSA) is 42.2 Å². The van der Waals surface area contributed by atoms with Gasteiger partial charge in [0.05, 0.1) is 0 Å². The summed E-state index contributed by atoms with van der Waals surface area (Å²) < 4.78 is 37.2. The van der Waals surface area contributed by atoms with Crippen molar-refractivity contribution in [1.82, 2.24) is 4.98 Å². The summed E-state index contributed by atoms with van der Waals surface area (Å²) in [6.07, 6.45) is -2.74. The number of anilines is 1. The SMILES string of the molecule is CCN(CC(F)(F)F)c1nccc(C)c1CN. The van der Waals surface area contributed by atoms with Crippen molar-refractivity contribution in [1.29, 1.82) is 0 Å². The Morgan fingerprint density at radius 3 is 2.53 bits per heavy atom. The number of alkyl halides is 3. The van der Waals surface area contributed by atoms with Crippen molar-refractivity contribution in [3.63, 3.8) is 0 Å². The van der Waals surface area contributed by atoms with Crippen molar-refractivity contribution < 1.29 is 13.2 Å². The molecule has 1 aromatic rings. The van der Waals surface area contributed by atoms with E-state index in [2.05, 4.69) is 4.98 Å². The van der Waals surface area contributed by atoms with Crippen LogP contribution in [0.2, 0.25) is 0 Å². The third-order valence-electron chi connectivity index (χ3n) is 2.52. The second-order valence-electron chi connectivity index (χ2n) is 3.76. The lowest BCUT2D eigenvalue weighted by Gasteiger charge is -2.25. The Labute approximate surface area is 98.4 Å². The molecule has 17 heavy (non-hydrogen) atoms. The maximum absolute atomic E-state index is 12.4. The molecule has 0 aliphatic heterocycles. The molecule has 1 aromatic heterocycles. The van der Waals surface area contributed by atoms with Crippen molar-refractivity contribution in [3.05, 3.63) is 23.4 Å². The number of rotatable bonds is 4. The van der Waals surface area contributed by atoms with Crippen LogP contribution in [0.1, 0.15) is 18.1 Å². The monoisotopic (exact) mass is 247 g/mol. The van der Waals surface area contributed by atoms with Gasteiger partial charge < -0.3 is 10.6 Å². The normalized spacial score (nSPS) is 11.6. The first kappa shape index (κ1) is 13.8. The molecule has 2 N–H and O–H groups in total. The highest BCUT2D eigenvalue weighted by molar-refractivity contribution is 5.50. The summed E-state index contributed by atoms with van der Waals surface area (Å²) in [4.78, 5) is 5.20. The summed E-state index contributed by atoms with van der Waals surface area (Å²) >= 11 is 0. The molecular formula is C11H16F3N3. The molecule has 1 rings (SSSR count). The van der Waals surface area contributed by atoms with Crippen molar-refractivity contribution >= 4 is 5.82 Å². The Hall–Kier alpha value is -1.30. The van der Waals surface area contributed by atoms with Gasteiger partial charge in [0.1, 0.15) is 12.4 Å². The smallest absolute Gasteiger partial charge is 0.348 e. The fourth-order valence-electron chi connectivity index (χ4n) is 1.65. The Morgan fingerprint density at radius 2 is 2.06 bits per heavy atom. The number of halogens is 3. The maximum atomic E-state index is 12.4. The summed E-state index contributed by atoms with van der Waals surface area (Å²) in [6, 6.07) is 1.74. The molecule has 0 radical (unpaired) electrons. The third kappa shape index (κ3) is 3.59. The molecule has 0 saturated heterocycles. The lowest BCUT2D eigenvalue weighted by molar-refractivity contribution is -0.119. The number of nitrogens with zero attached hydrogens (tertiary/aromatic N) is 2. The average Bonchev–Trinajstić information content (AvgIpc) is 2.24. The molecular weight excluding hydrogens is 231 g/mol. The van der Waals surface area contributed by atoms with Crippen LogP contribution in [0.3, 0.4) is 0 Å². The Balaban J connectivity index is 3.07. The molecule has 0 aliphatic carbocycles. The van der Waals surface area contributed by atoms with E-state index in [0.717, 1.165) is 5.56 Å². The molecule has 0 atom stereocenters. The second-order valence-corrected chi connectivity index (χ2v) is 3.76. The summed E-state index contributed by atoms with van der Waals surface area (Å²) in [5, 5.41) is 0. The van der Waals surface area contributed by atoms with E-state index >= 15 is 0 Å². The minimum absolute atomic E-state index is 0.184. The Kier molecular flexibility index (Phi) is 4.34. The number of hydrogen-bond donors (Lipinski definition) is 1. The zero-order valence-electron chi connectivity index (χ0n) is 9.88. The van der Waals surface area contributed by atoms with Crippen LogP contribution in [-0.2, 0) is 6.54 Å². The minimum atomic E-state index is -4.24. The van der Waals surface area contributed by atoms with Crippen LogP contribution < -0.4 is 10.6 Å².